The number of nitrogens with one attached hydrogen (secondary N) is 1. The van der Waals surface area contributed by atoms with Crippen LogP contribution in [0.15, 0.2) is 36.7 Å². The van der Waals surface area contributed by atoms with E-state index in [0.29, 0.717) is 18.2 Å². The topological polar surface area (TPSA) is 76.7 Å². The SMILES string of the molecule is Nc1ccc(NCc2cccnc2)nn1. The van der Waals surface area contributed by atoms with Crippen LogP contribution >= 0.6 is 0 Å². The molecular formula is C10H11N5. The lowest BCUT2D eigenvalue weighted by molar-refractivity contribution is 1.00. The van der Waals surface area contributed by atoms with Gasteiger partial charge in [-0.05, 0) is 23.8 Å². The molecule has 0 saturated heterocycles. The summed E-state index contributed by atoms with van der Waals surface area (Å²) in [5.41, 5.74) is 6.52. The molecule has 15 heavy (non-hydrogen) atoms. The third-order valence-electron chi connectivity index (χ3n) is 1.88. The molecule has 0 bridgehead atoms. The number of hydrogen-bond acceptors (Lipinski definition) is 5. The van der Waals surface area contributed by atoms with Gasteiger partial charge in [0.25, 0.3) is 0 Å². The number of aromatic nitrogens is 3. The average molecular weight is 201 g/mol. The molecule has 2 rings (SSSR count). The van der Waals surface area contributed by atoms with Crippen LogP contribution in [-0.4, -0.2) is 15.2 Å². The van der Waals surface area contributed by atoms with E-state index in [2.05, 4.69) is 20.5 Å². The zero-order valence-electron chi connectivity index (χ0n) is 8.09. The van der Waals surface area contributed by atoms with Gasteiger partial charge in [-0.15, -0.1) is 10.2 Å². The molecule has 3 N–H and O–H groups in total. The first-order valence-corrected chi connectivity index (χ1v) is 4.56. The Labute approximate surface area is 87.4 Å². The minimum Gasteiger partial charge on any atom is -0.382 e. The van der Waals surface area contributed by atoms with Crippen LogP contribution in [-0.2, 0) is 6.54 Å². The molecular weight excluding hydrogens is 190 g/mol. The van der Waals surface area contributed by atoms with E-state index in [4.69, 9.17) is 5.73 Å². The second kappa shape index (κ2) is 4.36. The average Bonchev–Trinajstić information content (AvgIpc) is 2.30. The fraction of sp³-hybridized carbons (Fsp3) is 0.100. The first-order chi connectivity index (χ1) is 7.34. The molecule has 0 aliphatic heterocycles. The maximum Gasteiger partial charge on any atom is 0.149 e. The van der Waals surface area contributed by atoms with Crippen LogP contribution in [0, 0.1) is 0 Å². The quantitative estimate of drug-likeness (QED) is 0.776. The van der Waals surface area contributed by atoms with Gasteiger partial charge >= 0.3 is 0 Å². The van der Waals surface area contributed by atoms with Crippen molar-refractivity contribution in [2.45, 2.75) is 6.54 Å². The lowest BCUT2D eigenvalue weighted by Gasteiger charge is -2.03. The van der Waals surface area contributed by atoms with Gasteiger partial charge in [-0.25, -0.2) is 0 Å². The first kappa shape index (κ1) is 9.39. The maximum absolute atomic E-state index is 5.42. The van der Waals surface area contributed by atoms with Crippen molar-refractivity contribution in [3.8, 4) is 0 Å². The van der Waals surface area contributed by atoms with E-state index < -0.39 is 0 Å². The van der Waals surface area contributed by atoms with E-state index in [1.54, 1.807) is 24.5 Å². The summed E-state index contributed by atoms with van der Waals surface area (Å²) in [5, 5.41) is 10.7. The Morgan fingerprint density at radius 2 is 2.13 bits per heavy atom. The standard InChI is InChI=1S/C10H11N5/c11-9-3-4-10(15-14-9)13-7-8-2-1-5-12-6-8/h1-6H,7H2,(H2,11,14)(H,13,15). The summed E-state index contributed by atoms with van der Waals surface area (Å²) in [6.07, 6.45) is 3.55. The third-order valence-corrected chi connectivity index (χ3v) is 1.88. The number of nitrogen functional groups attached to an aromatic ring is 1. The normalized spacial score (nSPS) is 9.87. The van der Waals surface area contributed by atoms with Crippen molar-refractivity contribution in [3.63, 3.8) is 0 Å². The number of nitrogens with zero attached hydrogens (tertiary/aromatic N) is 3. The van der Waals surface area contributed by atoms with Crippen LogP contribution in [0.5, 0.6) is 0 Å². The van der Waals surface area contributed by atoms with Crippen molar-refractivity contribution in [1.82, 2.24) is 15.2 Å². The Balaban J connectivity index is 1.96. The third kappa shape index (κ3) is 2.63. The van der Waals surface area contributed by atoms with Crippen molar-refractivity contribution >= 4 is 11.6 Å². The van der Waals surface area contributed by atoms with Crippen molar-refractivity contribution in [2.24, 2.45) is 0 Å². The van der Waals surface area contributed by atoms with Crippen LogP contribution in [0.4, 0.5) is 11.6 Å². The van der Waals surface area contributed by atoms with Gasteiger partial charge in [0.1, 0.15) is 11.6 Å². The van der Waals surface area contributed by atoms with Gasteiger partial charge in [0.05, 0.1) is 0 Å². The van der Waals surface area contributed by atoms with Crippen molar-refractivity contribution in [1.29, 1.82) is 0 Å². The van der Waals surface area contributed by atoms with E-state index >= 15 is 0 Å². The molecule has 2 heterocycles. The zero-order chi connectivity index (χ0) is 10.5. The molecule has 0 atom stereocenters. The molecule has 0 amide bonds. The molecule has 0 saturated carbocycles. The number of pyridine rings is 1. The van der Waals surface area contributed by atoms with E-state index in [1.165, 1.54) is 0 Å². The highest BCUT2D eigenvalue weighted by Crippen LogP contribution is 2.05. The predicted octanol–water partition coefficient (Wildman–Crippen LogP) is 1.07. The Kier molecular flexibility index (Phi) is 2.73. The van der Waals surface area contributed by atoms with Gasteiger partial charge in [0.15, 0.2) is 0 Å². The Bertz CT molecular complexity index is 412. The van der Waals surface area contributed by atoms with E-state index in [0.717, 1.165) is 5.56 Å². The van der Waals surface area contributed by atoms with E-state index in [1.807, 2.05) is 12.1 Å². The highest BCUT2D eigenvalue weighted by molar-refractivity contribution is 5.38. The number of hydrogen-bond donors (Lipinski definition) is 2. The molecule has 0 aliphatic rings. The lowest BCUT2D eigenvalue weighted by atomic mass is 10.3. The monoisotopic (exact) mass is 201 g/mol. The Morgan fingerprint density at radius 3 is 2.80 bits per heavy atom. The summed E-state index contributed by atoms with van der Waals surface area (Å²) in [4.78, 5) is 4.02. The highest BCUT2D eigenvalue weighted by atomic mass is 15.2. The minimum atomic E-state index is 0.418. The lowest BCUT2D eigenvalue weighted by Crippen LogP contribution is -2.03. The number of rotatable bonds is 3. The van der Waals surface area contributed by atoms with Crippen LogP contribution in [0.1, 0.15) is 5.56 Å². The molecule has 0 unspecified atom stereocenters. The molecule has 2 aromatic rings. The minimum absolute atomic E-state index is 0.418. The second-order valence-electron chi connectivity index (χ2n) is 3.06. The van der Waals surface area contributed by atoms with Crippen LogP contribution in [0.25, 0.3) is 0 Å². The summed E-state index contributed by atoms with van der Waals surface area (Å²) in [6, 6.07) is 7.38. The number of nitrogens with two attached hydrogens (primary N) is 1. The summed E-state index contributed by atoms with van der Waals surface area (Å²) in [5.74, 6) is 1.12. The van der Waals surface area contributed by atoms with Crippen molar-refractivity contribution in [2.75, 3.05) is 11.1 Å². The van der Waals surface area contributed by atoms with Crippen molar-refractivity contribution < 1.29 is 0 Å². The van der Waals surface area contributed by atoms with E-state index in [9.17, 15) is 0 Å². The zero-order valence-corrected chi connectivity index (χ0v) is 8.09. The van der Waals surface area contributed by atoms with Crippen LogP contribution in [0.3, 0.4) is 0 Å². The van der Waals surface area contributed by atoms with Gasteiger partial charge in [-0.3, -0.25) is 4.98 Å². The van der Waals surface area contributed by atoms with E-state index in [-0.39, 0.29) is 0 Å². The summed E-state index contributed by atoms with van der Waals surface area (Å²) in [7, 11) is 0. The van der Waals surface area contributed by atoms with Crippen LogP contribution < -0.4 is 11.1 Å². The largest absolute Gasteiger partial charge is 0.382 e. The second-order valence-corrected chi connectivity index (χ2v) is 3.06. The molecule has 5 heteroatoms. The summed E-state index contributed by atoms with van der Waals surface area (Å²) >= 11 is 0. The van der Waals surface area contributed by atoms with Crippen molar-refractivity contribution in [3.05, 3.63) is 42.2 Å². The van der Waals surface area contributed by atoms with Gasteiger partial charge in [-0.2, -0.15) is 0 Å². The highest BCUT2D eigenvalue weighted by Gasteiger charge is 1.95. The molecule has 0 fully saturated rings. The van der Waals surface area contributed by atoms with Crippen LogP contribution in [0.2, 0.25) is 0 Å². The predicted molar refractivity (Wildman–Crippen MR) is 58.0 cm³/mol. The number of anilines is 2. The fourth-order valence-electron chi connectivity index (χ4n) is 1.13. The molecule has 0 spiro atoms. The molecule has 0 aromatic carbocycles. The summed E-state index contributed by atoms with van der Waals surface area (Å²) < 4.78 is 0. The molecule has 5 nitrogen and oxygen atoms in total. The Hall–Kier alpha value is -2.17. The van der Waals surface area contributed by atoms with Gasteiger partial charge < -0.3 is 11.1 Å². The molecule has 0 aliphatic carbocycles. The van der Waals surface area contributed by atoms with Gasteiger partial charge in [0, 0.05) is 18.9 Å². The summed E-state index contributed by atoms with van der Waals surface area (Å²) in [6.45, 7) is 0.673. The molecule has 76 valence electrons. The first-order valence-electron chi connectivity index (χ1n) is 4.56. The molecule has 2 aromatic heterocycles. The van der Waals surface area contributed by atoms with Gasteiger partial charge in [0.2, 0.25) is 0 Å². The van der Waals surface area contributed by atoms with Gasteiger partial charge in [-0.1, -0.05) is 6.07 Å². The Morgan fingerprint density at radius 1 is 1.20 bits per heavy atom. The molecule has 0 radical (unpaired) electrons. The smallest absolute Gasteiger partial charge is 0.149 e. The fourth-order valence-corrected chi connectivity index (χ4v) is 1.13. The maximum atomic E-state index is 5.42.